The number of rotatable bonds is 7. The molecule has 0 heterocycles. The Morgan fingerprint density at radius 3 is 2.44 bits per heavy atom. The fourth-order valence-electron chi connectivity index (χ4n) is 1.57. The number of ether oxygens (including phenoxy) is 1. The van der Waals surface area contributed by atoms with Crippen LogP contribution in [0.15, 0.2) is 24.3 Å². The maximum Gasteiger partial charge on any atom is 0.257 e. The van der Waals surface area contributed by atoms with Gasteiger partial charge in [-0.15, -0.1) is 0 Å². The van der Waals surface area contributed by atoms with Crippen molar-refractivity contribution in [3.05, 3.63) is 30.1 Å². The van der Waals surface area contributed by atoms with Crippen molar-refractivity contribution < 1.29 is 13.9 Å². The van der Waals surface area contributed by atoms with E-state index in [2.05, 4.69) is 19.2 Å². The van der Waals surface area contributed by atoms with Crippen molar-refractivity contribution in [2.24, 2.45) is 5.92 Å². The van der Waals surface area contributed by atoms with Crippen LogP contribution in [0.2, 0.25) is 0 Å². The highest BCUT2D eigenvalue weighted by molar-refractivity contribution is 5.77. The van der Waals surface area contributed by atoms with Gasteiger partial charge < -0.3 is 10.1 Å². The molecular weight excluding hydrogens is 233 g/mol. The second-order valence-electron chi connectivity index (χ2n) is 4.23. The largest absolute Gasteiger partial charge is 0.484 e. The van der Waals surface area contributed by atoms with Gasteiger partial charge in [0.25, 0.3) is 5.91 Å². The van der Waals surface area contributed by atoms with Gasteiger partial charge in [0.15, 0.2) is 6.61 Å². The Morgan fingerprint density at radius 1 is 1.28 bits per heavy atom. The van der Waals surface area contributed by atoms with E-state index in [0.29, 0.717) is 18.2 Å². The molecule has 0 unspecified atom stereocenters. The number of hydrogen-bond acceptors (Lipinski definition) is 2. The molecule has 18 heavy (non-hydrogen) atoms. The number of nitrogens with one attached hydrogen (secondary N) is 1. The normalized spacial score (nSPS) is 10.4. The molecule has 1 aromatic carbocycles. The smallest absolute Gasteiger partial charge is 0.257 e. The molecule has 0 aromatic heterocycles. The average molecular weight is 253 g/mol. The lowest BCUT2D eigenvalue weighted by Gasteiger charge is -2.13. The fourth-order valence-corrected chi connectivity index (χ4v) is 1.57. The molecule has 3 nitrogen and oxygen atoms in total. The van der Waals surface area contributed by atoms with Gasteiger partial charge in [0.1, 0.15) is 11.6 Å². The van der Waals surface area contributed by atoms with E-state index in [-0.39, 0.29) is 18.3 Å². The molecular formula is C14H20FNO2. The molecule has 0 radical (unpaired) electrons. The van der Waals surface area contributed by atoms with Crippen LogP contribution < -0.4 is 10.1 Å². The zero-order valence-corrected chi connectivity index (χ0v) is 10.9. The summed E-state index contributed by atoms with van der Waals surface area (Å²) in [5, 5.41) is 2.83. The van der Waals surface area contributed by atoms with Crippen molar-refractivity contribution in [2.45, 2.75) is 26.7 Å². The third kappa shape index (κ3) is 5.17. The quantitative estimate of drug-likeness (QED) is 0.811. The molecule has 1 amide bonds. The molecule has 0 saturated carbocycles. The first-order valence-electron chi connectivity index (χ1n) is 6.30. The number of amides is 1. The molecule has 0 atom stereocenters. The van der Waals surface area contributed by atoms with Gasteiger partial charge in [0, 0.05) is 6.54 Å². The minimum absolute atomic E-state index is 0.0359. The van der Waals surface area contributed by atoms with Crippen LogP contribution in [0, 0.1) is 11.7 Å². The van der Waals surface area contributed by atoms with Gasteiger partial charge >= 0.3 is 0 Å². The van der Waals surface area contributed by atoms with Crippen molar-refractivity contribution in [3.8, 4) is 5.75 Å². The van der Waals surface area contributed by atoms with Crippen LogP contribution in [0.1, 0.15) is 26.7 Å². The second-order valence-corrected chi connectivity index (χ2v) is 4.23. The fraction of sp³-hybridized carbons (Fsp3) is 0.500. The third-order valence-corrected chi connectivity index (χ3v) is 2.93. The summed E-state index contributed by atoms with van der Waals surface area (Å²) in [5.74, 6) is 0.542. The van der Waals surface area contributed by atoms with E-state index in [1.54, 1.807) is 0 Å². The minimum atomic E-state index is -0.319. The van der Waals surface area contributed by atoms with Gasteiger partial charge in [0.2, 0.25) is 0 Å². The molecule has 0 spiro atoms. The van der Waals surface area contributed by atoms with Gasteiger partial charge in [-0.1, -0.05) is 26.7 Å². The van der Waals surface area contributed by atoms with Crippen LogP contribution in [0.3, 0.4) is 0 Å². The molecule has 0 bridgehead atoms. The van der Waals surface area contributed by atoms with Crippen LogP contribution in [0.4, 0.5) is 4.39 Å². The lowest BCUT2D eigenvalue weighted by atomic mass is 10.0. The molecule has 1 rings (SSSR count). The predicted octanol–water partition coefficient (Wildman–Crippen LogP) is 2.76. The number of carbonyl (C=O) groups is 1. The van der Waals surface area contributed by atoms with E-state index in [1.165, 1.54) is 24.3 Å². The second kappa shape index (κ2) is 7.69. The van der Waals surface area contributed by atoms with E-state index < -0.39 is 0 Å². The zero-order chi connectivity index (χ0) is 13.4. The first kappa shape index (κ1) is 14.5. The number of carbonyl (C=O) groups excluding carboxylic acids is 1. The number of hydrogen-bond donors (Lipinski definition) is 1. The minimum Gasteiger partial charge on any atom is -0.484 e. The molecule has 0 saturated heterocycles. The van der Waals surface area contributed by atoms with Crippen molar-refractivity contribution >= 4 is 5.91 Å². The zero-order valence-electron chi connectivity index (χ0n) is 10.9. The van der Waals surface area contributed by atoms with E-state index in [0.717, 1.165) is 12.8 Å². The summed E-state index contributed by atoms with van der Waals surface area (Å²) in [6, 6.07) is 5.61. The van der Waals surface area contributed by atoms with Gasteiger partial charge in [-0.05, 0) is 30.2 Å². The maximum atomic E-state index is 12.6. The van der Waals surface area contributed by atoms with Crippen LogP contribution in [-0.4, -0.2) is 19.1 Å². The van der Waals surface area contributed by atoms with E-state index in [1.807, 2.05) is 0 Å². The lowest BCUT2D eigenvalue weighted by molar-refractivity contribution is -0.123. The molecule has 4 heteroatoms. The summed E-state index contributed by atoms with van der Waals surface area (Å²) < 4.78 is 17.9. The predicted molar refractivity (Wildman–Crippen MR) is 69.0 cm³/mol. The summed E-state index contributed by atoms with van der Waals surface area (Å²) in [6.07, 6.45) is 2.10. The molecule has 0 aliphatic rings. The molecule has 1 N–H and O–H groups in total. The molecule has 0 aliphatic heterocycles. The molecule has 100 valence electrons. The standard InChI is InChI=1S/C14H20FNO2/c1-3-11(4-2)9-16-14(17)10-18-13-7-5-12(15)6-8-13/h5-8,11H,3-4,9-10H2,1-2H3,(H,16,17). The Hall–Kier alpha value is -1.58. The monoisotopic (exact) mass is 253 g/mol. The molecule has 0 fully saturated rings. The lowest BCUT2D eigenvalue weighted by Crippen LogP contribution is -2.32. The van der Waals surface area contributed by atoms with E-state index in [9.17, 15) is 9.18 Å². The average Bonchev–Trinajstić information content (AvgIpc) is 2.39. The number of halogens is 1. The SMILES string of the molecule is CCC(CC)CNC(=O)COc1ccc(F)cc1. The highest BCUT2D eigenvalue weighted by atomic mass is 19.1. The maximum absolute atomic E-state index is 12.6. The molecule has 1 aromatic rings. The first-order valence-corrected chi connectivity index (χ1v) is 6.30. The summed E-state index contributed by atoms with van der Waals surface area (Å²) >= 11 is 0. The van der Waals surface area contributed by atoms with Gasteiger partial charge in [0.05, 0.1) is 0 Å². The Bertz CT molecular complexity index is 361. The first-order chi connectivity index (χ1) is 8.65. The third-order valence-electron chi connectivity index (χ3n) is 2.93. The summed E-state index contributed by atoms with van der Waals surface area (Å²) in [4.78, 5) is 11.5. The topological polar surface area (TPSA) is 38.3 Å². The Kier molecular flexibility index (Phi) is 6.19. The summed E-state index contributed by atoms with van der Waals surface area (Å²) in [6.45, 7) is 4.86. The van der Waals surface area contributed by atoms with Crippen LogP contribution in [-0.2, 0) is 4.79 Å². The Morgan fingerprint density at radius 2 is 1.89 bits per heavy atom. The Balaban J connectivity index is 2.26. The van der Waals surface area contributed by atoms with Crippen LogP contribution in [0.25, 0.3) is 0 Å². The van der Waals surface area contributed by atoms with E-state index in [4.69, 9.17) is 4.74 Å². The van der Waals surface area contributed by atoms with Crippen molar-refractivity contribution in [1.82, 2.24) is 5.32 Å². The highest BCUT2D eigenvalue weighted by Gasteiger charge is 2.07. The van der Waals surface area contributed by atoms with Crippen LogP contribution >= 0.6 is 0 Å². The van der Waals surface area contributed by atoms with Crippen molar-refractivity contribution in [3.63, 3.8) is 0 Å². The highest BCUT2D eigenvalue weighted by Crippen LogP contribution is 2.10. The van der Waals surface area contributed by atoms with E-state index >= 15 is 0 Å². The van der Waals surface area contributed by atoms with Crippen molar-refractivity contribution in [2.75, 3.05) is 13.2 Å². The Labute approximate surface area is 107 Å². The van der Waals surface area contributed by atoms with Crippen LogP contribution in [0.5, 0.6) is 5.75 Å². The number of benzene rings is 1. The molecule has 0 aliphatic carbocycles. The summed E-state index contributed by atoms with van der Waals surface area (Å²) in [7, 11) is 0. The van der Waals surface area contributed by atoms with Gasteiger partial charge in [-0.25, -0.2) is 4.39 Å². The van der Waals surface area contributed by atoms with Gasteiger partial charge in [-0.3, -0.25) is 4.79 Å². The van der Waals surface area contributed by atoms with Gasteiger partial charge in [-0.2, -0.15) is 0 Å². The van der Waals surface area contributed by atoms with Crippen molar-refractivity contribution in [1.29, 1.82) is 0 Å². The summed E-state index contributed by atoms with van der Waals surface area (Å²) in [5.41, 5.74) is 0.